The molecule has 0 fully saturated rings. The van der Waals surface area contributed by atoms with Crippen LogP contribution in [0.1, 0.15) is 12.8 Å². The fourth-order valence-corrected chi connectivity index (χ4v) is 1.85. The van der Waals surface area contributed by atoms with Crippen molar-refractivity contribution in [1.82, 2.24) is 10.2 Å². The summed E-state index contributed by atoms with van der Waals surface area (Å²) in [5.74, 6) is 1.95. The Kier molecular flexibility index (Phi) is 3.24. The Bertz CT molecular complexity index is 496. The van der Waals surface area contributed by atoms with Crippen LogP contribution in [0.5, 0.6) is 5.75 Å². The summed E-state index contributed by atoms with van der Waals surface area (Å²) in [6.45, 7) is 1.97. The SMILES string of the molecule is CCc1nnc(-c2ccc(OC)c(Br)c2)o1. The normalized spacial score (nSPS) is 10.4. The molecule has 0 unspecified atom stereocenters. The highest BCUT2D eigenvalue weighted by molar-refractivity contribution is 9.10. The van der Waals surface area contributed by atoms with Gasteiger partial charge in [-0.25, -0.2) is 0 Å². The molecule has 0 radical (unpaired) electrons. The maximum atomic E-state index is 5.46. The number of aryl methyl sites for hydroxylation is 1. The number of aromatic nitrogens is 2. The predicted molar refractivity (Wildman–Crippen MR) is 63.4 cm³/mol. The van der Waals surface area contributed by atoms with Crippen molar-refractivity contribution in [2.24, 2.45) is 0 Å². The summed E-state index contributed by atoms with van der Waals surface area (Å²) in [7, 11) is 1.63. The number of nitrogens with zero attached hydrogens (tertiary/aromatic N) is 2. The molecule has 4 nitrogen and oxygen atoms in total. The molecule has 0 aliphatic heterocycles. The third-order valence-electron chi connectivity index (χ3n) is 2.17. The molecular weight excluding hydrogens is 272 g/mol. The van der Waals surface area contributed by atoms with Gasteiger partial charge < -0.3 is 9.15 Å². The lowest BCUT2D eigenvalue weighted by molar-refractivity contribution is 0.412. The van der Waals surface area contributed by atoms with E-state index in [1.165, 1.54) is 0 Å². The number of ether oxygens (including phenoxy) is 1. The molecule has 0 saturated carbocycles. The second kappa shape index (κ2) is 4.65. The molecule has 0 N–H and O–H groups in total. The molecule has 16 heavy (non-hydrogen) atoms. The van der Waals surface area contributed by atoms with Crippen LogP contribution in [-0.2, 0) is 6.42 Å². The summed E-state index contributed by atoms with van der Waals surface area (Å²) in [4.78, 5) is 0. The zero-order chi connectivity index (χ0) is 11.5. The van der Waals surface area contributed by atoms with Gasteiger partial charge in [-0.1, -0.05) is 6.92 Å². The molecule has 2 rings (SSSR count). The molecule has 0 atom stereocenters. The number of hydrogen-bond acceptors (Lipinski definition) is 4. The third kappa shape index (κ3) is 2.09. The summed E-state index contributed by atoms with van der Waals surface area (Å²) >= 11 is 3.41. The maximum absolute atomic E-state index is 5.46. The molecule has 0 amide bonds. The lowest BCUT2D eigenvalue weighted by Crippen LogP contribution is -1.85. The van der Waals surface area contributed by atoms with Crippen molar-refractivity contribution in [2.45, 2.75) is 13.3 Å². The van der Waals surface area contributed by atoms with E-state index >= 15 is 0 Å². The zero-order valence-electron chi connectivity index (χ0n) is 9.03. The Balaban J connectivity index is 2.37. The summed E-state index contributed by atoms with van der Waals surface area (Å²) in [5, 5.41) is 7.90. The first-order valence-corrected chi connectivity index (χ1v) is 5.70. The Hall–Kier alpha value is -1.36. The third-order valence-corrected chi connectivity index (χ3v) is 2.79. The topological polar surface area (TPSA) is 48.2 Å². The summed E-state index contributed by atoms with van der Waals surface area (Å²) in [6.07, 6.45) is 0.740. The standard InChI is InChI=1S/C11H11BrN2O2/c1-3-10-13-14-11(16-10)7-4-5-9(15-2)8(12)6-7/h4-6H,3H2,1-2H3. The molecule has 0 saturated heterocycles. The van der Waals surface area contributed by atoms with E-state index < -0.39 is 0 Å². The molecule has 1 aromatic carbocycles. The van der Waals surface area contributed by atoms with Crippen molar-refractivity contribution in [3.05, 3.63) is 28.6 Å². The first kappa shape index (κ1) is 11.1. The highest BCUT2D eigenvalue weighted by Gasteiger charge is 2.09. The predicted octanol–water partition coefficient (Wildman–Crippen LogP) is 3.07. The minimum atomic E-state index is 0.528. The average molecular weight is 283 g/mol. The Morgan fingerprint density at radius 1 is 1.38 bits per heavy atom. The van der Waals surface area contributed by atoms with Crippen molar-refractivity contribution >= 4 is 15.9 Å². The number of halogens is 1. The smallest absolute Gasteiger partial charge is 0.247 e. The van der Waals surface area contributed by atoms with Gasteiger partial charge in [0, 0.05) is 12.0 Å². The van der Waals surface area contributed by atoms with Gasteiger partial charge in [-0.05, 0) is 34.1 Å². The molecule has 2 aromatic rings. The van der Waals surface area contributed by atoms with Crippen molar-refractivity contribution in [2.75, 3.05) is 7.11 Å². The van der Waals surface area contributed by atoms with Crippen molar-refractivity contribution in [3.8, 4) is 17.2 Å². The fraction of sp³-hybridized carbons (Fsp3) is 0.273. The van der Waals surface area contributed by atoms with E-state index in [1.807, 2.05) is 25.1 Å². The summed E-state index contributed by atoms with van der Waals surface area (Å²) in [6, 6.07) is 5.64. The average Bonchev–Trinajstić information content (AvgIpc) is 2.77. The lowest BCUT2D eigenvalue weighted by atomic mass is 10.2. The molecule has 1 heterocycles. The van der Waals surface area contributed by atoms with Crippen LogP contribution in [0, 0.1) is 0 Å². The quantitative estimate of drug-likeness (QED) is 0.868. The van der Waals surface area contributed by atoms with Gasteiger partial charge in [0.15, 0.2) is 0 Å². The first-order chi connectivity index (χ1) is 7.74. The highest BCUT2D eigenvalue weighted by Crippen LogP contribution is 2.29. The van der Waals surface area contributed by atoms with Crippen molar-refractivity contribution in [3.63, 3.8) is 0 Å². The van der Waals surface area contributed by atoms with Gasteiger partial charge in [0.25, 0.3) is 0 Å². The monoisotopic (exact) mass is 282 g/mol. The fourth-order valence-electron chi connectivity index (χ4n) is 1.31. The number of methoxy groups -OCH3 is 1. The van der Waals surface area contributed by atoms with E-state index in [0.29, 0.717) is 11.8 Å². The lowest BCUT2D eigenvalue weighted by Gasteiger charge is -2.03. The van der Waals surface area contributed by atoms with Gasteiger partial charge >= 0.3 is 0 Å². The molecular formula is C11H11BrN2O2. The minimum Gasteiger partial charge on any atom is -0.496 e. The maximum Gasteiger partial charge on any atom is 0.247 e. The van der Waals surface area contributed by atoms with Crippen LogP contribution in [0.25, 0.3) is 11.5 Å². The van der Waals surface area contributed by atoms with Gasteiger partial charge in [-0.3, -0.25) is 0 Å². The molecule has 0 bridgehead atoms. The van der Waals surface area contributed by atoms with E-state index in [0.717, 1.165) is 22.2 Å². The zero-order valence-corrected chi connectivity index (χ0v) is 10.6. The highest BCUT2D eigenvalue weighted by atomic mass is 79.9. The van der Waals surface area contributed by atoms with Crippen LogP contribution in [0.3, 0.4) is 0 Å². The number of benzene rings is 1. The van der Waals surface area contributed by atoms with Gasteiger partial charge in [0.1, 0.15) is 5.75 Å². The molecule has 0 spiro atoms. The van der Waals surface area contributed by atoms with Gasteiger partial charge in [0.2, 0.25) is 11.8 Å². The van der Waals surface area contributed by atoms with Gasteiger partial charge in [-0.15, -0.1) is 10.2 Å². The molecule has 5 heteroatoms. The van der Waals surface area contributed by atoms with Gasteiger partial charge in [0.05, 0.1) is 11.6 Å². The first-order valence-electron chi connectivity index (χ1n) is 4.91. The van der Waals surface area contributed by atoms with Crippen LogP contribution < -0.4 is 4.74 Å². The van der Waals surface area contributed by atoms with Gasteiger partial charge in [-0.2, -0.15) is 0 Å². The van der Waals surface area contributed by atoms with Crippen molar-refractivity contribution in [1.29, 1.82) is 0 Å². The summed E-state index contributed by atoms with van der Waals surface area (Å²) in [5.41, 5.74) is 0.875. The van der Waals surface area contributed by atoms with Crippen LogP contribution in [-0.4, -0.2) is 17.3 Å². The molecule has 1 aromatic heterocycles. The van der Waals surface area contributed by atoms with E-state index in [1.54, 1.807) is 7.11 Å². The number of hydrogen-bond donors (Lipinski definition) is 0. The van der Waals surface area contributed by atoms with Crippen LogP contribution >= 0.6 is 15.9 Å². The van der Waals surface area contributed by atoms with E-state index in [2.05, 4.69) is 26.1 Å². The van der Waals surface area contributed by atoms with E-state index in [-0.39, 0.29) is 0 Å². The molecule has 0 aliphatic carbocycles. The molecule has 84 valence electrons. The van der Waals surface area contributed by atoms with E-state index in [9.17, 15) is 0 Å². The minimum absolute atomic E-state index is 0.528. The number of rotatable bonds is 3. The van der Waals surface area contributed by atoms with Crippen molar-refractivity contribution < 1.29 is 9.15 Å². The van der Waals surface area contributed by atoms with Crippen LogP contribution in [0.2, 0.25) is 0 Å². The van der Waals surface area contributed by atoms with Crippen LogP contribution in [0.4, 0.5) is 0 Å². The second-order valence-corrected chi connectivity index (χ2v) is 4.06. The Labute approximate surface area is 102 Å². The summed E-state index contributed by atoms with van der Waals surface area (Å²) < 4.78 is 11.5. The second-order valence-electron chi connectivity index (χ2n) is 3.20. The van der Waals surface area contributed by atoms with Crippen LogP contribution in [0.15, 0.2) is 27.1 Å². The Morgan fingerprint density at radius 3 is 2.75 bits per heavy atom. The largest absolute Gasteiger partial charge is 0.496 e. The Morgan fingerprint density at radius 2 is 2.19 bits per heavy atom. The van der Waals surface area contributed by atoms with E-state index in [4.69, 9.17) is 9.15 Å². The molecule has 0 aliphatic rings.